The molecule has 1 N–H and O–H groups in total. The van der Waals surface area contributed by atoms with Crippen LogP contribution in [-0.4, -0.2) is 90.7 Å². The predicted octanol–water partition coefficient (Wildman–Crippen LogP) is 4.73. The molecule has 0 radical (unpaired) electrons. The van der Waals surface area contributed by atoms with Gasteiger partial charge in [0.2, 0.25) is 9.84 Å². The van der Waals surface area contributed by atoms with Gasteiger partial charge in [0.05, 0.1) is 35.7 Å². The van der Waals surface area contributed by atoms with Crippen molar-refractivity contribution in [2.45, 2.75) is 59.0 Å². The fraction of sp³-hybridized carbons (Fsp3) is 0.500. The summed E-state index contributed by atoms with van der Waals surface area (Å²) in [4.78, 5) is 17.7. The highest BCUT2D eigenvalue weighted by molar-refractivity contribution is 7.91. The van der Waals surface area contributed by atoms with Gasteiger partial charge in [-0.15, -0.1) is 0 Å². The van der Waals surface area contributed by atoms with Gasteiger partial charge < -0.3 is 14.9 Å². The van der Waals surface area contributed by atoms with Crippen LogP contribution in [0.5, 0.6) is 0 Å². The Kier molecular flexibility index (Phi) is 8.59. The zero-order valence-corrected chi connectivity index (χ0v) is 27.1. The van der Waals surface area contributed by atoms with E-state index in [4.69, 9.17) is 0 Å². The third-order valence-corrected chi connectivity index (χ3v) is 12.2. The smallest absolute Gasteiger partial charge is 0.407 e. The van der Waals surface area contributed by atoms with E-state index in [0.717, 1.165) is 43.4 Å². The summed E-state index contributed by atoms with van der Waals surface area (Å²) in [5.41, 5.74) is -0.492. The first kappa shape index (κ1) is 32.0. The summed E-state index contributed by atoms with van der Waals surface area (Å²) in [6.45, 7) is 2.07. The van der Waals surface area contributed by atoms with Crippen molar-refractivity contribution in [3.8, 4) is 6.07 Å². The number of hydrogen-bond acceptors (Lipinski definition) is 7. The number of amides is 1. The van der Waals surface area contributed by atoms with Crippen LogP contribution in [0.25, 0.3) is 0 Å². The van der Waals surface area contributed by atoms with Crippen LogP contribution in [0.1, 0.15) is 37.7 Å². The minimum Gasteiger partial charge on any atom is -0.465 e. The number of carboxylic acid groups (broad SMARTS) is 1. The Morgan fingerprint density at radius 1 is 1.09 bits per heavy atom. The minimum atomic E-state index is -3.67. The minimum absolute atomic E-state index is 0.0267. The van der Waals surface area contributed by atoms with E-state index in [1.54, 1.807) is 38.4 Å². The molecule has 10 nitrogen and oxygen atoms in total. The number of likely N-dealkylation sites (tertiary alicyclic amines) is 1. The zero-order chi connectivity index (χ0) is 32.7. The predicted molar refractivity (Wildman–Crippen MR) is 171 cm³/mol. The number of aromatic nitrogens is 2. The van der Waals surface area contributed by atoms with Gasteiger partial charge >= 0.3 is 6.09 Å². The molecule has 3 atom stereocenters. The molecule has 3 fully saturated rings. The molecule has 3 heterocycles. The molecule has 1 saturated carbocycles. The van der Waals surface area contributed by atoms with Gasteiger partial charge in [0, 0.05) is 44.5 Å². The first-order chi connectivity index (χ1) is 22.0. The molecule has 1 unspecified atom stereocenters. The van der Waals surface area contributed by atoms with Crippen molar-refractivity contribution < 1.29 is 22.7 Å². The molecule has 3 aromatic rings. The van der Waals surface area contributed by atoms with E-state index in [0.29, 0.717) is 19.6 Å². The maximum atomic E-state index is 15.9. The van der Waals surface area contributed by atoms with Gasteiger partial charge in [-0.3, -0.25) is 9.58 Å². The zero-order valence-electron chi connectivity index (χ0n) is 26.3. The van der Waals surface area contributed by atoms with Crippen molar-refractivity contribution in [1.82, 2.24) is 19.6 Å². The quantitative estimate of drug-likeness (QED) is 0.353. The molecule has 0 spiro atoms. The van der Waals surface area contributed by atoms with E-state index in [9.17, 15) is 23.6 Å². The lowest BCUT2D eigenvalue weighted by atomic mass is 9.59. The largest absolute Gasteiger partial charge is 0.465 e. The van der Waals surface area contributed by atoms with Crippen LogP contribution in [0.15, 0.2) is 76.8 Å². The van der Waals surface area contributed by atoms with Gasteiger partial charge in [0.25, 0.3) is 0 Å². The topological polar surface area (TPSA) is 123 Å². The Morgan fingerprint density at radius 2 is 1.76 bits per heavy atom. The van der Waals surface area contributed by atoms with Crippen LogP contribution in [0.3, 0.4) is 0 Å². The molecule has 244 valence electrons. The summed E-state index contributed by atoms with van der Waals surface area (Å²) in [5.74, 6) is -0.0881. The molecule has 3 aliphatic rings. The van der Waals surface area contributed by atoms with Gasteiger partial charge in [0.1, 0.15) is 4.90 Å². The fourth-order valence-corrected chi connectivity index (χ4v) is 9.40. The van der Waals surface area contributed by atoms with Gasteiger partial charge in [-0.1, -0.05) is 36.8 Å². The van der Waals surface area contributed by atoms with Crippen molar-refractivity contribution >= 4 is 21.6 Å². The first-order valence-electron chi connectivity index (χ1n) is 15.9. The highest BCUT2D eigenvalue weighted by atomic mass is 32.2. The Labute approximate surface area is 269 Å². The number of sulfone groups is 1. The summed E-state index contributed by atoms with van der Waals surface area (Å²) in [6, 6.07) is 18.9. The number of aryl methyl sites for hydroxylation is 1. The molecule has 1 aromatic heterocycles. The van der Waals surface area contributed by atoms with E-state index < -0.39 is 27.0 Å². The van der Waals surface area contributed by atoms with Crippen LogP contribution in [0.4, 0.5) is 14.9 Å². The Bertz CT molecular complexity index is 1690. The number of piperidine rings is 1. The normalized spacial score (nSPS) is 23.3. The second-order valence-corrected chi connectivity index (χ2v) is 15.2. The number of carbonyl (C=O) groups is 1. The molecule has 1 amide bonds. The van der Waals surface area contributed by atoms with Crippen molar-refractivity contribution in [1.29, 1.82) is 5.26 Å². The summed E-state index contributed by atoms with van der Waals surface area (Å²) >= 11 is 0. The van der Waals surface area contributed by atoms with Crippen LogP contribution in [0, 0.1) is 23.2 Å². The van der Waals surface area contributed by atoms with E-state index in [-0.39, 0.29) is 40.8 Å². The fourth-order valence-electron chi connectivity index (χ4n) is 8.16. The van der Waals surface area contributed by atoms with Crippen LogP contribution in [-0.2, 0) is 22.3 Å². The number of nitriles is 1. The average Bonchev–Trinajstić information content (AvgIpc) is 3.72. The third kappa shape index (κ3) is 5.75. The summed E-state index contributed by atoms with van der Waals surface area (Å²) < 4.78 is 43.2. The van der Waals surface area contributed by atoms with Crippen LogP contribution in [0.2, 0.25) is 0 Å². The number of alkyl halides is 1. The number of rotatable bonds is 9. The van der Waals surface area contributed by atoms with Crippen molar-refractivity contribution in [2.24, 2.45) is 18.9 Å². The number of nitrogens with zero attached hydrogens (tertiary/aromatic N) is 6. The van der Waals surface area contributed by atoms with Crippen molar-refractivity contribution in [3.63, 3.8) is 0 Å². The molecule has 46 heavy (non-hydrogen) atoms. The lowest BCUT2D eigenvalue weighted by Crippen LogP contribution is -2.64. The monoisotopic (exact) mass is 648 g/mol. The highest BCUT2D eigenvalue weighted by Gasteiger charge is 2.54. The highest BCUT2D eigenvalue weighted by Crippen LogP contribution is 2.51. The Balaban J connectivity index is 1.10. The van der Waals surface area contributed by atoms with Gasteiger partial charge in [-0.2, -0.15) is 10.4 Å². The molecule has 6 rings (SSSR count). The molecular weight excluding hydrogens is 607 g/mol. The number of hydrogen-bond donors (Lipinski definition) is 1. The molecule has 2 aromatic carbocycles. The van der Waals surface area contributed by atoms with E-state index in [2.05, 4.69) is 16.1 Å². The average molecular weight is 649 g/mol. The van der Waals surface area contributed by atoms with E-state index in [1.165, 1.54) is 22.0 Å². The first-order valence-corrected chi connectivity index (χ1v) is 17.4. The van der Waals surface area contributed by atoms with E-state index in [1.807, 2.05) is 35.2 Å². The van der Waals surface area contributed by atoms with Crippen molar-refractivity contribution in [3.05, 3.63) is 72.6 Å². The maximum Gasteiger partial charge on any atom is 0.407 e. The SMILES string of the molecule is CN(C(=O)O)[C@H]1CCC[C@@H]1C(C#N)(c1ccccc1)C1CCN(CC2(F)CN(c3ccc(S(=O)(=O)c4cnn(C)c4)cc3)C2)CC1. The third-order valence-electron chi connectivity index (χ3n) is 10.5. The van der Waals surface area contributed by atoms with Crippen LogP contribution >= 0.6 is 0 Å². The Morgan fingerprint density at radius 3 is 2.35 bits per heavy atom. The molecule has 0 bridgehead atoms. The lowest BCUT2D eigenvalue weighted by molar-refractivity contribution is 0.0314. The van der Waals surface area contributed by atoms with Crippen molar-refractivity contribution in [2.75, 3.05) is 44.7 Å². The number of benzene rings is 2. The van der Waals surface area contributed by atoms with E-state index >= 15 is 4.39 Å². The lowest BCUT2D eigenvalue weighted by Gasteiger charge is -2.50. The molecular formula is C34H41FN6O4S. The maximum absolute atomic E-state index is 15.9. The Hall–Kier alpha value is -3.95. The summed E-state index contributed by atoms with van der Waals surface area (Å²) in [7, 11) is -0.398. The standard InChI is InChI=1S/C34H41FN6O4S/c1-38-20-29(19-37-38)46(44,45)28-13-11-27(12-14-28)41-23-33(35,24-41)22-40-17-15-26(16-18-40)34(21-36,25-7-4-3-5-8-25)30-9-6-10-31(30)39(2)32(42)43/h3-5,7-8,11-14,19-20,26,30-31H,6,9-10,15-18,22-24H2,1-2H3,(H,42,43)/t30-,31-,34?/m0/s1. The number of halogens is 1. The van der Waals surface area contributed by atoms with Gasteiger partial charge in [-0.25, -0.2) is 17.6 Å². The second kappa shape index (κ2) is 12.3. The molecule has 12 heteroatoms. The molecule has 2 aliphatic heterocycles. The number of anilines is 1. The van der Waals surface area contributed by atoms with Gasteiger partial charge in [-0.05, 0) is 74.5 Å². The van der Waals surface area contributed by atoms with Crippen LogP contribution < -0.4 is 4.90 Å². The summed E-state index contributed by atoms with van der Waals surface area (Å²) in [5, 5.41) is 24.7. The summed E-state index contributed by atoms with van der Waals surface area (Å²) in [6.07, 6.45) is 5.70. The van der Waals surface area contributed by atoms with Gasteiger partial charge in [0.15, 0.2) is 5.67 Å². The molecule has 1 aliphatic carbocycles. The second-order valence-electron chi connectivity index (χ2n) is 13.2. The molecule has 2 saturated heterocycles.